The fourth-order valence-corrected chi connectivity index (χ4v) is 2.60. The minimum absolute atomic E-state index is 0.0769. The van der Waals surface area contributed by atoms with Crippen LogP contribution in [-0.2, 0) is 10.0 Å². The molecule has 19 heavy (non-hydrogen) atoms. The highest BCUT2D eigenvalue weighted by molar-refractivity contribution is 7.89. The zero-order chi connectivity index (χ0) is 14.6. The number of sulfonamides is 1. The third-order valence-corrected chi connectivity index (χ3v) is 3.94. The monoisotopic (exact) mass is 291 g/mol. The van der Waals surface area contributed by atoms with Gasteiger partial charge in [-0.1, -0.05) is 13.0 Å². The van der Waals surface area contributed by atoms with Crippen LogP contribution in [0.3, 0.4) is 0 Å². The van der Waals surface area contributed by atoms with Gasteiger partial charge in [0.05, 0.1) is 4.92 Å². The average molecular weight is 291 g/mol. The smallest absolute Gasteiger partial charge is 0.324 e. The van der Waals surface area contributed by atoms with Crippen molar-refractivity contribution >= 4 is 15.7 Å². The van der Waals surface area contributed by atoms with E-state index in [1.165, 1.54) is 0 Å². The lowest BCUT2D eigenvalue weighted by molar-refractivity contribution is -0.390. The molecule has 9 heteroatoms. The molecule has 7 nitrogen and oxygen atoms in total. The van der Waals surface area contributed by atoms with E-state index < -0.39 is 37.4 Å². The molecule has 0 spiro atoms. The third-order valence-electron chi connectivity index (χ3n) is 2.48. The van der Waals surface area contributed by atoms with Crippen LogP contribution in [0, 0.1) is 15.9 Å². The van der Waals surface area contributed by atoms with E-state index in [-0.39, 0.29) is 6.54 Å². The summed E-state index contributed by atoms with van der Waals surface area (Å²) in [6, 6.07) is 2.48. The van der Waals surface area contributed by atoms with Crippen molar-refractivity contribution < 1.29 is 17.7 Å². The molecule has 1 aromatic carbocycles. The molecule has 0 saturated carbocycles. The number of nitrogens with two attached hydrogens (primary N) is 1. The van der Waals surface area contributed by atoms with Gasteiger partial charge in [0.1, 0.15) is 0 Å². The van der Waals surface area contributed by atoms with Gasteiger partial charge < -0.3 is 5.73 Å². The first-order valence-electron chi connectivity index (χ1n) is 5.47. The van der Waals surface area contributed by atoms with E-state index in [0.717, 1.165) is 18.2 Å². The predicted octanol–water partition coefficient (Wildman–Crippen LogP) is 0.750. The first-order valence-corrected chi connectivity index (χ1v) is 6.96. The number of para-hydroxylation sites is 1. The minimum atomic E-state index is -4.18. The van der Waals surface area contributed by atoms with Crippen molar-refractivity contribution in [3.8, 4) is 0 Å². The molecule has 0 aliphatic rings. The van der Waals surface area contributed by atoms with Crippen molar-refractivity contribution in [1.82, 2.24) is 4.72 Å². The van der Waals surface area contributed by atoms with Gasteiger partial charge in [0.2, 0.25) is 15.8 Å². The second kappa shape index (κ2) is 6.04. The van der Waals surface area contributed by atoms with Crippen molar-refractivity contribution in [1.29, 1.82) is 0 Å². The van der Waals surface area contributed by atoms with Crippen LogP contribution >= 0.6 is 0 Å². The van der Waals surface area contributed by atoms with Crippen LogP contribution in [0.25, 0.3) is 0 Å². The average Bonchev–Trinajstić information content (AvgIpc) is 2.35. The fraction of sp³-hybridized carbons (Fsp3) is 0.400. The number of nitro benzene ring substituents is 1. The number of nitrogens with zero attached hydrogens (tertiary/aromatic N) is 1. The number of rotatable bonds is 6. The van der Waals surface area contributed by atoms with Gasteiger partial charge in [0.25, 0.3) is 0 Å². The van der Waals surface area contributed by atoms with E-state index in [2.05, 4.69) is 4.72 Å². The van der Waals surface area contributed by atoms with Crippen LogP contribution in [0.4, 0.5) is 10.1 Å². The summed E-state index contributed by atoms with van der Waals surface area (Å²) in [5, 5.41) is 10.7. The molecule has 0 fully saturated rings. The highest BCUT2D eigenvalue weighted by Gasteiger charge is 2.29. The van der Waals surface area contributed by atoms with Crippen molar-refractivity contribution in [2.75, 3.05) is 6.54 Å². The van der Waals surface area contributed by atoms with E-state index in [1.807, 2.05) is 0 Å². The van der Waals surface area contributed by atoms with Gasteiger partial charge in [0, 0.05) is 12.6 Å². The Balaban J connectivity index is 3.15. The third kappa shape index (κ3) is 3.69. The first kappa shape index (κ1) is 15.5. The van der Waals surface area contributed by atoms with Gasteiger partial charge >= 0.3 is 5.69 Å². The quantitative estimate of drug-likeness (QED) is 0.592. The van der Waals surface area contributed by atoms with Crippen LogP contribution < -0.4 is 10.5 Å². The number of hydrogen-bond acceptors (Lipinski definition) is 5. The number of nitro groups is 1. The Morgan fingerprint density at radius 2 is 2.16 bits per heavy atom. The minimum Gasteiger partial charge on any atom is -0.327 e. The molecular formula is C10H14FN3O4S. The van der Waals surface area contributed by atoms with Crippen LogP contribution in [0.5, 0.6) is 0 Å². The summed E-state index contributed by atoms with van der Waals surface area (Å²) in [5.41, 5.74) is 4.48. The molecular weight excluding hydrogens is 277 g/mol. The molecule has 3 N–H and O–H groups in total. The molecule has 0 aromatic heterocycles. The topological polar surface area (TPSA) is 115 Å². The van der Waals surface area contributed by atoms with Gasteiger partial charge in [0.15, 0.2) is 4.90 Å². The number of benzene rings is 1. The van der Waals surface area contributed by atoms with Crippen molar-refractivity contribution in [3.63, 3.8) is 0 Å². The molecule has 0 amide bonds. The lowest BCUT2D eigenvalue weighted by Gasteiger charge is -2.11. The Hall–Kier alpha value is -1.58. The van der Waals surface area contributed by atoms with E-state index in [1.54, 1.807) is 6.92 Å². The molecule has 0 aliphatic heterocycles. The zero-order valence-electron chi connectivity index (χ0n) is 10.2. The molecule has 0 radical (unpaired) electrons. The van der Waals surface area contributed by atoms with Crippen LogP contribution in [0.1, 0.15) is 13.3 Å². The fourth-order valence-electron chi connectivity index (χ4n) is 1.33. The Bertz CT molecular complexity index is 576. The molecule has 1 unspecified atom stereocenters. The summed E-state index contributed by atoms with van der Waals surface area (Å²) < 4.78 is 39.2. The van der Waals surface area contributed by atoms with E-state index in [0.29, 0.717) is 6.42 Å². The normalized spacial score (nSPS) is 13.2. The summed E-state index contributed by atoms with van der Waals surface area (Å²) in [6.45, 7) is 1.69. The maximum atomic E-state index is 13.3. The first-order chi connectivity index (χ1) is 8.79. The Morgan fingerprint density at radius 3 is 2.68 bits per heavy atom. The van der Waals surface area contributed by atoms with E-state index >= 15 is 0 Å². The van der Waals surface area contributed by atoms with Crippen molar-refractivity contribution in [2.45, 2.75) is 24.3 Å². The van der Waals surface area contributed by atoms with Gasteiger partial charge in [-0.3, -0.25) is 10.1 Å². The van der Waals surface area contributed by atoms with E-state index in [9.17, 15) is 22.9 Å². The van der Waals surface area contributed by atoms with E-state index in [4.69, 9.17) is 5.73 Å². The molecule has 0 saturated heterocycles. The van der Waals surface area contributed by atoms with Crippen LogP contribution in [0.15, 0.2) is 23.1 Å². The maximum absolute atomic E-state index is 13.3. The van der Waals surface area contributed by atoms with Crippen molar-refractivity contribution in [3.05, 3.63) is 34.1 Å². The highest BCUT2D eigenvalue weighted by atomic mass is 32.2. The predicted molar refractivity (Wildman–Crippen MR) is 66.5 cm³/mol. The van der Waals surface area contributed by atoms with Crippen LogP contribution in [0.2, 0.25) is 0 Å². The van der Waals surface area contributed by atoms with Crippen LogP contribution in [-0.4, -0.2) is 25.9 Å². The highest BCUT2D eigenvalue weighted by Crippen LogP contribution is 2.26. The lowest BCUT2D eigenvalue weighted by atomic mass is 10.2. The standard InChI is InChI=1S/C10H14FN3O4S/c1-2-7(12)6-13-19(17,18)9-5-3-4-8(11)10(9)14(15)16/h3-5,7,13H,2,6,12H2,1H3. The largest absolute Gasteiger partial charge is 0.327 e. The van der Waals surface area contributed by atoms with Gasteiger partial charge in [-0.15, -0.1) is 0 Å². The molecule has 1 atom stereocenters. The maximum Gasteiger partial charge on any atom is 0.324 e. The molecule has 106 valence electrons. The second-order valence-corrected chi connectivity index (χ2v) is 5.60. The Morgan fingerprint density at radius 1 is 1.53 bits per heavy atom. The molecule has 0 bridgehead atoms. The van der Waals surface area contributed by atoms with Gasteiger partial charge in [-0.05, 0) is 18.6 Å². The second-order valence-electron chi connectivity index (χ2n) is 3.86. The Labute approximate surface area is 109 Å². The number of halogens is 1. The molecule has 0 heterocycles. The number of hydrogen-bond donors (Lipinski definition) is 2. The zero-order valence-corrected chi connectivity index (χ0v) is 11.0. The van der Waals surface area contributed by atoms with Crippen molar-refractivity contribution in [2.24, 2.45) is 5.73 Å². The molecule has 1 rings (SSSR count). The van der Waals surface area contributed by atoms with Gasteiger partial charge in [-0.25, -0.2) is 13.1 Å². The number of nitrogens with one attached hydrogen (secondary N) is 1. The SMILES string of the molecule is CCC(N)CNS(=O)(=O)c1cccc(F)c1[N+](=O)[O-]. The summed E-state index contributed by atoms with van der Waals surface area (Å²) >= 11 is 0. The van der Waals surface area contributed by atoms with Gasteiger partial charge in [-0.2, -0.15) is 4.39 Å². The summed E-state index contributed by atoms with van der Waals surface area (Å²) in [5.74, 6) is -1.20. The molecule has 0 aliphatic carbocycles. The summed E-state index contributed by atoms with van der Waals surface area (Å²) in [6.07, 6.45) is 0.535. The Kier molecular flexibility index (Phi) is 4.92. The molecule has 1 aromatic rings. The summed E-state index contributed by atoms with van der Waals surface area (Å²) in [4.78, 5) is 8.96. The summed E-state index contributed by atoms with van der Waals surface area (Å²) in [7, 11) is -4.18. The lowest BCUT2D eigenvalue weighted by Crippen LogP contribution is -2.36.